The van der Waals surface area contributed by atoms with E-state index in [1.165, 1.54) is 10.8 Å². The number of para-hydroxylation sites is 11. The molecule has 0 saturated carbocycles. The maximum atomic E-state index is 11.4. The maximum absolute atomic E-state index is 11.4. The fourth-order valence-electron chi connectivity index (χ4n) is 17.0. The van der Waals surface area contributed by atoms with Crippen LogP contribution in [0, 0.1) is 17.9 Å². The van der Waals surface area contributed by atoms with Crippen LogP contribution in [0.4, 0.5) is 5.69 Å². The van der Waals surface area contributed by atoms with Crippen molar-refractivity contribution in [3.8, 4) is 62.4 Å². The topological polar surface area (TPSA) is 57.7 Å². The number of nitrogens with zero attached hydrogens (tertiary/aromatic N) is 8. The van der Waals surface area contributed by atoms with E-state index in [1.807, 2.05) is 12.1 Å². The first-order valence-electron chi connectivity index (χ1n) is 33.8. The van der Waals surface area contributed by atoms with E-state index in [9.17, 15) is 5.26 Å². The van der Waals surface area contributed by atoms with E-state index in [2.05, 4.69) is 348 Å². The summed E-state index contributed by atoms with van der Waals surface area (Å²) in [6.07, 6.45) is 0. The maximum Gasteiger partial charge on any atom is 0.189 e. The molecule has 0 radical (unpaired) electrons. The quantitative estimate of drug-likeness (QED) is 0.140. The van der Waals surface area contributed by atoms with Crippen LogP contribution in [0.2, 0.25) is 0 Å². The van der Waals surface area contributed by atoms with Gasteiger partial charge in [0.15, 0.2) is 5.69 Å². The van der Waals surface area contributed by atoms with Gasteiger partial charge in [0.25, 0.3) is 0 Å². The summed E-state index contributed by atoms with van der Waals surface area (Å²) >= 11 is 0. The molecule has 0 saturated heterocycles. The van der Waals surface area contributed by atoms with Crippen molar-refractivity contribution in [2.24, 2.45) is 0 Å². The lowest BCUT2D eigenvalue weighted by Crippen LogP contribution is -2.18. The first kappa shape index (κ1) is 55.4. The minimum atomic E-state index is 0.357. The molecule has 8 nitrogen and oxygen atoms in total. The van der Waals surface area contributed by atoms with Crippen LogP contribution in [0.1, 0.15) is 5.56 Å². The summed E-state index contributed by atoms with van der Waals surface area (Å²) in [6.45, 7) is 8.91. The summed E-state index contributed by atoms with van der Waals surface area (Å²) < 4.78 is 15.0. The van der Waals surface area contributed by atoms with Gasteiger partial charge in [-0.15, -0.1) is 0 Å². The molecule has 0 N–H and O–H groups in total. The Labute approximate surface area is 572 Å². The lowest BCUT2D eigenvalue weighted by atomic mass is 9.93. The largest absolute Gasteiger partial charge is 0.309 e. The average molecular weight is 1270 g/mol. The number of rotatable bonds is 8. The Kier molecular flexibility index (Phi) is 11.8. The van der Waals surface area contributed by atoms with E-state index >= 15 is 0 Å². The van der Waals surface area contributed by atoms with Gasteiger partial charge in [-0.25, -0.2) is 4.85 Å². The summed E-state index contributed by atoms with van der Waals surface area (Å²) in [7, 11) is 0. The van der Waals surface area contributed by atoms with Gasteiger partial charge >= 0.3 is 0 Å². The zero-order valence-electron chi connectivity index (χ0n) is 53.8. The fourth-order valence-corrected chi connectivity index (χ4v) is 17.0. The molecule has 15 aromatic carbocycles. The zero-order chi connectivity index (χ0) is 65.8. The van der Waals surface area contributed by atoms with Gasteiger partial charge in [-0.2, -0.15) is 5.26 Å². The van der Waals surface area contributed by atoms with Crippen molar-refractivity contribution in [2.45, 2.75) is 0 Å². The number of aromatic nitrogens is 6. The van der Waals surface area contributed by atoms with Crippen LogP contribution in [0.15, 0.2) is 328 Å². The highest BCUT2D eigenvalue weighted by molar-refractivity contribution is 6.20. The standard InChI is InChI=1S/C92H54N8/c1-94-61-52-57(56-93)51-60(53-61)87-88(96-76-38-16-5-27-63(76)64-28-6-17-39-77(64)96)90(98-80-42-20-9-31-67(80)68-32-10-21-43-81(68)98)92(91(99-82-44-22-11-33-69(82)70-34-12-23-45-83(70)99)89(87)97-78-40-18-7-29-65(78)66-30-8-19-41-79(66)97)100-84-46-24-14-36-72(84)74-55-59(48-50-86(74)100)58-47-49-85-73(54-58)71-35-13-15-37-75(71)95(85)62-25-3-2-4-26-62/h2-55H. The Morgan fingerprint density at radius 1 is 0.230 bits per heavy atom. The molecule has 0 aliphatic rings. The number of benzene rings is 15. The summed E-state index contributed by atoms with van der Waals surface area (Å²) in [5.41, 5.74) is 22.3. The summed E-state index contributed by atoms with van der Waals surface area (Å²) in [5, 5.41) is 24.7. The van der Waals surface area contributed by atoms with Gasteiger partial charge in [-0.1, -0.05) is 212 Å². The van der Waals surface area contributed by atoms with Gasteiger partial charge in [0.05, 0.1) is 107 Å². The molecule has 0 spiro atoms. The summed E-state index contributed by atoms with van der Waals surface area (Å²) in [4.78, 5) is 4.23. The molecular formula is C92H54N8. The second-order valence-corrected chi connectivity index (χ2v) is 26.1. The van der Waals surface area contributed by atoms with Crippen LogP contribution >= 0.6 is 0 Å². The van der Waals surface area contributed by atoms with E-state index < -0.39 is 0 Å². The Morgan fingerprint density at radius 2 is 0.490 bits per heavy atom. The Bertz CT molecular complexity index is 6690. The molecule has 0 bridgehead atoms. The molecule has 0 atom stereocenters. The Hall–Kier alpha value is -13.9. The molecule has 0 aliphatic carbocycles. The van der Waals surface area contributed by atoms with Gasteiger partial charge in [0.1, 0.15) is 0 Å². The zero-order valence-corrected chi connectivity index (χ0v) is 53.8. The van der Waals surface area contributed by atoms with E-state index in [0.29, 0.717) is 16.8 Å². The van der Waals surface area contributed by atoms with Gasteiger partial charge in [0.2, 0.25) is 0 Å². The molecule has 6 heterocycles. The van der Waals surface area contributed by atoms with Crippen LogP contribution in [-0.2, 0) is 0 Å². The van der Waals surface area contributed by atoms with Crippen LogP contribution in [0.25, 0.3) is 192 Å². The summed E-state index contributed by atoms with van der Waals surface area (Å²) in [6, 6.07) is 121. The minimum Gasteiger partial charge on any atom is -0.309 e. The fraction of sp³-hybridized carbons (Fsp3) is 0. The second-order valence-electron chi connectivity index (χ2n) is 26.1. The number of hydrogen-bond acceptors (Lipinski definition) is 1. The molecule has 0 unspecified atom stereocenters. The predicted octanol–water partition coefficient (Wildman–Crippen LogP) is 24.0. The van der Waals surface area contributed by atoms with E-state index in [0.717, 1.165) is 171 Å². The number of hydrogen-bond donors (Lipinski definition) is 0. The molecule has 21 aromatic rings. The average Bonchev–Trinajstić information content (AvgIpc) is 1.44. The smallest absolute Gasteiger partial charge is 0.189 e. The Balaban J connectivity index is 1.05. The van der Waals surface area contributed by atoms with Crippen molar-refractivity contribution in [2.75, 3.05) is 0 Å². The molecule has 8 heteroatoms. The normalized spacial score (nSPS) is 12.0. The highest BCUT2D eigenvalue weighted by Gasteiger charge is 2.37. The van der Waals surface area contributed by atoms with Gasteiger partial charge in [0, 0.05) is 81.4 Å². The first-order chi connectivity index (χ1) is 49.6. The van der Waals surface area contributed by atoms with Crippen molar-refractivity contribution in [3.63, 3.8) is 0 Å². The van der Waals surface area contributed by atoms with Gasteiger partial charge in [-0.05, 0) is 132 Å². The molecule has 0 aliphatic heterocycles. The third-order valence-corrected chi connectivity index (χ3v) is 21.0. The van der Waals surface area contributed by atoms with Gasteiger partial charge < -0.3 is 27.4 Å². The van der Waals surface area contributed by atoms with E-state index in [1.54, 1.807) is 6.07 Å². The van der Waals surface area contributed by atoms with Crippen molar-refractivity contribution < 1.29 is 0 Å². The molecule has 0 fully saturated rings. The van der Waals surface area contributed by atoms with Crippen LogP contribution in [0.5, 0.6) is 0 Å². The van der Waals surface area contributed by atoms with Crippen LogP contribution in [-0.4, -0.2) is 27.4 Å². The van der Waals surface area contributed by atoms with Crippen molar-refractivity contribution >= 4 is 137 Å². The van der Waals surface area contributed by atoms with Crippen molar-refractivity contribution in [1.29, 1.82) is 5.26 Å². The molecule has 100 heavy (non-hydrogen) atoms. The minimum absolute atomic E-state index is 0.357. The molecule has 0 amide bonds. The molecule has 6 aromatic heterocycles. The van der Waals surface area contributed by atoms with Gasteiger partial charge in [-0.3, -0.25) is 0 Å². The SMILES string of the molecule is [C-]#[N+]c1cc(C#N)cc(-c2c(-n3c4ccccc4c4ccccc43)c(-n3c4ccccc4c4ccccc43)c(-n3c4ccccc4c4cc(-c5ccc6c(c5)c5ccccc5n6-c5ccccc5)ccc43)c(-n3c4ccccc4c4ccccc43)c2-n2c3ccccc3c3ccccc32)c1. The third kappa shape index (κ3) is 7.73. The van der Waals surface area contributed by atoms with Crippen molar-refractivity contribution in [1.82, 2.24) is 27.4 Å². The third-order valence-electron chi connectivity index (χ3n) is 21.0. The molecular weight excluding hydrogens is 1220 g/mol. The number of fused-ring (bicyclic) bond motifs is 18. The van der Waals surface area contributed by atoms with E-state index in [-0.39, 0.29) is 0 Å². The lowest BCUT2D eigenvalue weighted by molar-refractivity contribution is 1.00. The second kappa shape index (κ2) is 21.3. The van der Waals surface area contributed by atoms with Crippen LogP contribution < -0.4 is 0 Å². The van der Waals surface area contributed by atoms with Crippen molar-refractivity contribution in [3.05, 3.63) is 345 Å². The first-order valence-corrected chi connectivity index (χ1v) is 33.8. The monoisotopic (exact) mass is 1270 g/mol. The Morgan fingerprint density at radius 3 is 0.810 bits per heavy atom. The van der Waals surface area contributed by atoms with E-state index in [4.69, 9.17) is 6.57 Å². The predicted molar refractivity (Wildman–Crippen MR) is 414 cm³/mol. The highest BCUT2D eigenvalue weighted by atomic mass is 15.2. The lowest BCUT2D eigenvalue weighted by Gasteiger charge is -2.32. The molecule has 462 valence electrons. The highest BCUT2D eigenvalue weighted by Crippen LogP contribution is 2.55. The molecule has 21 rings (SSSR count). The number of nitriles is 1. The van der Waals surface area contributed by atoms with Crippen LogP contribution in [0.3, 0.4) is 0 Å². The summed E-state index contributed by atoms with van der Waals surface area (Å²) in [5.74, 6) is 0.